The Hall–Kier alpha value is -2.41. The van der Waals surface area contributed by atoms with E-state index in [0.29, 0.717) is 11.4 Å². The van der Waals surface area contributed by atoms with Crippen molar-refractivity contribution in [2.45, 2.75) is 31.9 Å². The third-order valence-electron chi connectivity index (χ3n) is 3.87. The molecule has 27 heavy (non-hydrogen) atoms. The second kappa shape index (κ2) is 10.1. The van der Waals surface area contributed by atoms with Gasteiger partial charge in [-0.3, -0.25) is 4.79 Å². The van der Waals surface area contributed by atoms with Crippen molar-refractivity contribution in [2.75, 3.05) is 6.79 Å². The van der Waals surface area contributed by atoms with Gasteiger partial charge in [0.15, 0.2) is 6.10 Å². The minimum atomic E-state index is -1.37. The highest BCUT2D eigenvalue weighted by Crippen LogP contribution is 2.23. The molecule has 0 fully saturated rings. The molecule has 0 saturated carbocycles. The van der Waals surface area contributed by atoms with Crippen LogP contribution in [0.1, 0.15) is 18.9 Å². The van der Waals surface area contributed by atoms with Crippen molar-refractivity contribution in [3.63, 3.8) is 0 Å². The Bertz CT molecular complexity index is 778. The molecule has 0 aliphatic heterocycles. The molecule has 0 heterocycles. The van der Waals surface area contributed by atoms with E-state index in [1.54, 1.807) is 0 Å². The van der Waals surface area contributed by atoms with Gasteiger partial charge in [0, 0.05) is 18.0 Å². The van der Waals surface area contributed by atoms with Crippen LogP contribution in [0.4, 0.5) is 0 Å². The second-order valence-corrected chi connectivity index (χ2v) is 6.58. The fourth-order valence-electron chi connectivity index (χ4n) is 2.54. The van der Waals surface area contributed by atoms with Gasteiger partial charge in [-0.1, -0.05) is 48.0 Å². The van der Waals surface area contributed by atoms with Gasteiger partial charge in [0.2, 0.25) is 6.79 Å². The fraction of sp³-hybridized carbons (Fsp3) is 0.300. The topological polar surface area (TPSA) is 98.8 Å². The van der Waals surface area contributed by atoms with Crippen LogP contribution in [0.5, 0.6) is 0 Å². The van der Waals surface area contributed by atoms with Gasteiger partial charge < -0.3 is 20.3 Å². The molecule has 3 N–H and O–H groups in total. The Labute approximate surface area is 162 Å². The lowest BCUT2D eigenvalue weighted by atomic mass is 9.98. The maximum absolute atomic E-state index is 11.6. The van der Waals surface area contributed by atoms with E-state index in [1.807, 2.05) is 48.5 Å². The summed E-state index contributed by atoms with van der Waals surface area (Å²) in [6.45, 7) is 0.670. The number of hydrogen-bond acceptors (Lipinski definition) is 6. The van der Waals surface area contributed by atoms with Crippen LogP contribution in [0.15, 0.2) is 48.5 Å². The van der Waals surface area contributed by atoms with Crippen LogP contribution >= 0.6 is 11.6 Å². The summed E-state index contributed by atoms with van der Waals surface area (Å²) in [4.78, 5) is 22.2. The van der Waals surface area contributed by atoms with E-state index in [4.69, 9.17) is 17.3 Å². The zero-order chi connectivity index (χ0) is 19.8. The van der Waals surface area contributed by atoms with E-state index in [1.165, 1.54) is 6.92 Å². The van der Waals surface area contributed by atoms with Crippen LogP contribution in [-0.2, 0) is 25.5 Å². The van der Waals surface area contributed by atoms with Gasteiger partial charge >= 0.3 is 11.9 Å². The van der Waals surface area contributed by atoms with E-state index in [-0.39, 0.29) is 6.42 Å². The third-order valence-corrected chi connectivity index (χ3v) is 4.11. The summed E-state index contributed by atoms with van der Waals surface area (Å²) in [7, 11) is 0. The first-order valence-corrected chi connectivity index (χ1v) is 8.81. The smallest absolute Gasteiger partial charge is 0.337 e. The van der Waals surface area contributed by atoms with Gasteiger partial charge in [-0.25, -0.2) is 4.79 Å². The summed E-state index contributed by atoms with van der Waals surface area (Å²) >= 11 is 6.01. The molecule has 0 spiro atoms. The van der Waals surface area contributed by atoms with Crippen LogP contribution in [0, 0.1) is 0 Å². The molecule has 0 radical (unpaired) electrons. The summed E-state index contributed by atoms with van der Waals surface area (Å²) in [5.74, 6) is -1.45. The summed E-state index contributed by atoms with van der Waals surface area (Å²) < 4.78 is 9.13. The number of rotatable bonds is 8. The Morgan fingerprint density at radius 3 is 2.44 bits per heavy atom. The van der Waals surface area contributed by atoms with E-state index < -0.39 is 30.9 Å². The highest BCUT2D eigenvalue weighted by molar-refractivity contribution is 6.30. The normalized spacial score (nSPS) is 12.9. The molecule has 2 rings (SSSR count). The molecule has 2 atom stereocenters. The largest absolute Gasteiger partial charge is 0.428 e. The summed E-state index contributed by atoms with van der Waals surface area (Å²) in [5, 5.41) is 10.5. The van der Waals surface area contributed by atoms with Crippen LogP contribution in [0.25, 0.3) is 11.1 Å². The fourth-order valence-corrected chi connectivity index (χ4v) is 2.73. The van der Waals surface area contributed by atoms with Crippen molar-refractivity contribution in [2.24, 2.45) is 5.73 Å². The maximum Gasteiger partial charge on any atom is 0.337 e. The maximum atomic E-state index is 11.6. The Morgan fingerprint density at radius 1 is 1.11 bits per heavy atom. The van der Waals surface area contributed by atoms with Gasteiger partial charge in [0.1, 0.15) is 0 Å². The quantitative estimate of drug-likeness (QED) is 0.530. The minimum Gasteiger partial charge on any atom is -0.428 e. The lowest BCUT2D eigenvalue weighted by molar-refractivity contribution is -0.172. The van der Waals surface area contributed by atoms with Crippen LogP contribution in [-0.4, -0.2) is 36.0 Å². The number of halogens is 1. The standard InChI is InChI=1S/C20H22ClNO5/c1-13(23)26-12-27-20(25)19(24)11-18(22)9-14-5-7-15(8-6-14)16-3-2-4-17(21)10-16/h2-8,10,18-19,24H,9,11-12,22H2,1H3/t18-,19-/m1/s1. The Morgan fingerprint density at radius 2 is 1.81 bits per heavy atom. The molecule has 0 aromatic heterocycles. The highest BCUT2D eigenvalue weighted by atomic mass is 35.5. The SMILES string of the molecule is CC(=O)OCOC(=O)[C@H](O)C[C@H](N)Cc1ccc(-c2cccc(Cl)c2)cc1. The van der Waals surface area contributed by atoms with E-state index in [2.05, 4.69) is 9.47 Å². The van der Waals surface area contributed by atoms with Crippen molar-refractivity contribution >= 4 is 23.5 Å². The van der Waals surface area contributed by atoms with Crippen molar-refractivity contribution in [3.8, 4) is 11.1 Å². The number of benzene rings is 2. The molecular weight excluding hydrogens is 370 g/mol. The molecule has 0 unspecified atom stereocenters. The second-order valence-electron chi connectivity index (χ2n) is 6.14. The van der Waals surface area contributed by atoms with Crippen molar-refractivity contribution in [1.29, 1.82) is 0 Å². The number of ether oxygens (including phenoxy) is 2. The lowest BCUT2D eigenvalue weighted by Gasteiger charge is -2.16. The first kappa shape index (κ1) is 20.9. The average molecular weight is 392 g/mol. The molecule has 0 amide bonds. The first-order valence-electron chi connectivity index (χ1n) is 8.43. The van der Waals surface area contributed by atoms with Crippen LogP contribution in [0.3, 0.4) is 0 Å². The Kier molecular flexibility index (Phi) is 7.79. The lowest BCUT2D eigenvalue weighted by Crippen LogP contribution is -2.34. The molecule has 0 aliphatic rings. The minimum absolute atomic E-state index is 0.0367. The highest BCUT2D eigenvalue weighted by Gasteiger charge is 2.20. The van der Waals surface area contributed by atoms with Gasteiger partial charge in [0.25, 0.3) is 0 Å². The predicted molar refractivity (Wildman–Crippen MR) is 102 cm³/mol. The van der Waals surface area contributed by atoms with E-state index in [0.717, 1.165) is 16.7 Å². The zero-order valence-electron chi connectivity index (χ0n) is 14.9. The summed E-state index contributed by atoms with van der Waals surface area (Å²) in [6, 6.07) is 15.0. The number of carbonyl (C=O) groups is 2. The number of aliphatic hydroxyl groups excluding tert-OH is 1. The first-order chi connectivity index (χ1) is 12.8. The molecule has 7 heteroatoms. The van der Waals surface area contributed by atoms with Gasteiger partial charge in [-0.05, 0) is 41.7 Å². The number of aliphatic hydroxyl groups is 1. The summed E-state index contributed by atoms with van der Waals surface area (Å²) in [6.07, 6.45) is -0.847. The number of carbonyl (C=O) groups excluding carboxylic acids is 2. The average Bonchev–Trinajstić information content (AvgIpc) is 2.61. The molecule has 6 nitrogen and oxygen atoms in total. The Balaban J connectivity index is 1.85. The van der Waals surface area contributed by atoms with Crippen LogP contribution in [0.2, 0.25) is 5.02 Å². The molecule has 2 aromatic rings. The van der Waals surface area contributed by atoms with Crippen molar-refractivity contribution in [3.05, 3.63) is 59.1 Å². The van der Waals surface area contributed by atoms with Crippen LogP contribution < -0.4 is 5.73 Å². The number of hydrogen-bond donors (Lipinski definition) is 2. The molecule has 0 aliphatic carbocycles. The molecule has 0 bridgehead atoms. The molecule has 144 valence electrons. The van der Waals surface area contributed by atoms with E-state index in [9.17, 15) is 14.7 Å². The molecule has 0 saturated heterocycles. The predicted octanol–water partition coefficient (Wildman–Crippen LogP) is 2.69. The van der Waals surface area contributed by atoms with Crippen molar-refractivity contribution < 1.29 is 24.2 Å². The number of nitrogens with two attached hydrogens (primary N) is 1. The van der Waals surface area contributed by atoms with E-state index >= 15 is 0 Å². The molecule has 2 aromatic carbocycles. The zero-order valence-corrected chi connectivity index (χ0v) is 15.7. The van der Waals surface area contributed by atoms with Gasteiger partial charge in [-0.15, -0.1) is 0 Å². The van der Waals surface area contributed by atoms with Crippen molar-refractivity contribution in [1.82, 2.24) is 0 Å². The van der Waals surface area contributed by atoms with Gasteiger partial charge in [-0.2, -0.15) is 0 Å². The summed E-state index contributed by atoms with van der Waals surface area (Å²) in [5.41, 5.74) is 9.05. The number of esters is 2. The monoisotopic (exact) mass is 391 g/mol. The molecular formula is C20H22ClNO5. The van der Waals surface area contributed by atoms with Gasteiger partial charge in [0.05, 0.1) is 0 Å². The third kappa shape index (κ3) is 7.02.